The molecular formula is C23H28ClN6O10P. The Hall–Kier alpha value is -3.49. The van der Waals surface area contributed by atoms with E-state index in [1.54, 1.807) is 6.92 Å². The van der Waals surface area contributed by atoms with Crippen LogP contribution < -0.4 is 25.4 Å². The Bertz CT molecular complexity index is 1440. The van der Waals surface area contributed by atoms with Crippen LogP contribution in [0, 0.1) is 5.92 Å². The number of hydrogen-bond donors (Lipinski definition) is 3. The molecule has 0 aliphatic carbocycles. The predicted molar refractivity (Wildman–Crippen MR) is 142 cm³/mol. The SMILES string of the molecule is CCOC(=O)[C@H](CC(C)C)N=[P+]([O-])Oc1ccc(Cl)cc1OC[C@@]1(N=[N+]=[N-])O[C@@H](n2ccc(=O)[nH]c2=O)[C@H](O)[C@@H]1O. The van der Waals surface area contributed by atoms with Crippen molar-refractivity contribution in [3.8, 4) is 11.5 Å². The van der Waals surface area contributed by atoms with Crippen molar-refractivity contribution in [2.45, 2.75) is 57.4 Å². The molecule has 2 heterocycles. The maximum absolute atomic E-state index is 12.8. The van der Waals surface area contributed by atoms with Crippen LogP contribution >= 0.6 is 19.8 Å². The van der Waals surface area contributed by atoms with Gasteiger partial charge in [-0.05, 0) is 36.9 Å². The van der Waals surface area contributed by atoms with Crippen LogP contribution in [-0.2, 0) is 14.3 Å². The number of aliphatic hydroxyl groups is 2. The van der Waals surface area contributed by atoms with Crippen molar-refractivity contribution in [3.63, 3.8) is 0 Å². The summed E-state index contributed by atoms with van der Waals surface area (Å²) in [5.41, 5.74) is 5.23. The summed E-state index contributed by atoms with van der Waals surface area (Å²) in [6.07, 6.45) is -3.98. The number of hydrogen-bond acceptors (Lipinski definition) is 12. The fourth-order valence-corrected chi connectivity index (χ4v) is 4.82. The highest BCUT2D eigenvalue weighted by molar-refractivity contribution is 7.34. The summed E-state index contributed by atoms with van der Waals surface area (Å²) in [4.78, 5) is 53.3. The van der Waals surface area contributed by atoms with Crippen LogP contribution in [0.3, 0.4) is 0 Å². The Balaban J connectivity index is 1.88. The minimum atomic E-state index is -2.81. The molecule has 0 radical (unpaired) electrons. The zero-order valence-corrected chi connectivity index (χ0v) is 23.8. The van der Waals surface area contributed by atoms with Crippen molar-refractivity contribution >= 4 is 25.7 Å². The van der Waals surface area contributed by atoms with Gasteiger partial charge < -0.3 is 29.3 Å². The van der Waals surface area contributed by atoms with Gasteiger partial charge in [-0.25, -0.2) is 9.59 Å². The monoisotopic (exact) mass is 614 g/mol. The van der Waals surface area contributed by atoms with E-state index < -0.39 is 62.2 Å². The van der Waals surface area contributed by atoms with Gasteiger partial charge in [0, 0.05) is 28.3 Å². The van der Waals surface area contributed by atoms with E-state index in [1.165, 1.54) is 18.2 Å². The van der Waals surface area contributed by atoms with E-state index in [-0.39, 0.29) is 35.5 Å². The molecule has 1 aliphatic heterocycles. The number of carbonyl (C=O) groups is 1. The Morgan fingerprint density at radius 1 is 1.34 bits per heavy atom. The van der Waals surface area contributed by atoms with Crippen LogP contribution in [0.4, 0.5) is 0 Å². The largest absolute Gasteiger partial charge is 0.575 e. The van der Waals surface area contributed by atoms with Crippen LogP contribution in [0.1, 0.15) is 33.4 Å². The summed E-state index contributed by atoms with van der Waals surface area (Å²) in [6.45, 7) is 4.71. The van der Waals surface area contributed by atoms with Gasteiger partial charge in [0.15, 0.2) is 18.0 Å². The molecule has 6 atom stereocenters. The summed E-state index contributed by atoms with van der Waals surface area (Å²) in [7, 11) is -2.81. The molecule has 3 N–H and O–H groups in total. The molecule has 0 saturated carbocycles. The normalized spacial score (nSPS) is 23.1. The van der Waals surface area contributed by atoms with E-state index in [1.807, 2.05) is 18.8 Å². The van der Waals surface area contributed by atoms with Gasteiger partial charge in [-0.1, -0.05) is 35.3 Å². The van der Waals surface area contributed by atoms with Crippen molar-refractivity contribution in [1.29, 1.82) is 0 Å². The third kappa shape index (κ3) is 7.83. The fourth-order valence-electron chi connectivity index (χ4n) is 3.88. The van der Waals surface area contributed by atoms with Gasteiger partial charge in [0.2, 0.25) is 11.5 Å². The predicted octanol–water partition coefficient (Wildman–Crippen LogP) is 1.74. The summed E-state index contributed by atoms with van der Waals surface area (Å²) >= 11 is 6.09. The zero-order valence-electron chi connectivity index (χ0n) is 22.1. The van der Waals surface area contributed by atoms with Crippen molar-refractivity contribution in [2.75, 3.05) is 13.2 Å². The average molecular weight is 615 g/mol. The second-order valence-corrected chi connectivity index (χ2v) is 10.5. The number of aliphatic hydroxyl groups excluding tert-OH is 2. The zero-order chi connectivity index (χ0) is 30.3. The van der Waals surface area contributed by atoms with E-state index >= 15 is 0 Å². The number of aromatic amines is 1. The molecule has 222 valence electrons. The molecule has 1 saturated heterocycles. The summed E-state index contributed by atoms with van der Waals surface area (Å²) in [5.74, 6) is -0.898. The van der Waals surface area contributed by atoms with E-state index in [2.05, 4.69) is 14.8 Å². The number of aromatic nitrogens is 2. The molecule has 18 heteroatoms. The van der Waals surface area contributed by atoms with Gasteiger partial charge in [0.25, 0.3) is 5.56 Å². The highest BCUT2D eigenvalue weighted by atomic mass is 35.5. The third-order valence-electron chi connectivity index (χ3n) is 5.75. The molecule has 0 amide bonds. The van der Waals surface area contributed by atoms with Crippen molar-refractivity contribution in [2.24, 2.45) is 15.8 Å². The van der Waals surface area contributed by atoms with E-state index in [0.717, 1.165) is 16.8 Å². The van der Waals surface area contributed by atoms with Crippen LogP contribution in [0.15, 0.2) is 49.9 Å². The standard InChI is InChI=1S/C23H28ClN6O10P/c1-4-37-21(34)14(9-12(2)3)27-41(36)40-15-6-5-13(24)10-16(15)38-11-23(28-29-25)19(33)18(32)20(39-23)30-8-7-17(31)26-22(30)35/h5-8,10,12,14,18-20,32-33H,4,9,11H2,1-3H3,(H,26,31,35)/t14-,18+,19-,20+,23+/m0/s1. The first-order chi connectivity index (χ1) is 19.4. The first-order valence-electron chi connectivity index (χ1n) is 12.3. The lowest BCUT2D eigenvalue weighted by Crippen LogP contribution is -2.46. The van der Waals surface area contributed by atoms with Crippen LogP contribution in [-0.4, -0.2) is 62.9 Å². The minimum absolute atomic E-state index is 0.0341. The van der Waals surface area contributed by atoms with E-state index in [9.17, 15) is 29.5 Å². The van der Waals surface area contributed by atoms with Gasteiger partial charge in [0.05, 0.1) is 6.61 Å². The molecule has 0 spiro atoms. The molecule has 1 fully saturated rings. The molecule has 1 unspecified atom stereocenters. The van der Waals surface area contributed by atoms with Crippen molar-refractivity contribution in [3.05, 3.63) is 66.8 Å². The maximum Gasteiger partial charge on any atom is 0.395 e. The highest BCUT2D eigenvalue weighted by Gasteiger charge is 2.56. The Morgan fingerprint density at radius 2 is 2.07 bits per heavy atom. The number of H-pyrrole nitrogens is 1. The fraction of sp³-hybridized carbons (Fsp3) is 0.522. The van der Waals surface area contributed by atoms with Crippen LogP contribution in [0.2, 0.25) is 5.02 Å². The summed E-state index contributed by atoms with van der Waals surface area (Å²) < 4.78 is 26.5. The molecule has 41 heavy (non-hydrogen) atoms. The molecule has 1 aliphatic rings. The second kappa shape index (κ2) is 13.9. The molecule has 0 bridgehead atoms. The van der Waals surface area contributed by atoms with Gasteiger partial charge in [-0.2, -0.15) is 0 Å². The molecule has 16 nitrogen and oxygen atoms in total. The number of ether oxygens (including phenoxy) is 3. The number of nitrogens with zero attached hydrogens (tertiary/aromatic N) is 5. The first-order valence-corrected chi connectivity index (χ1v) is 13.8. The van der Waals surface area contributed by atoms with Crippen LogP contribution in [0.5, 0.6) is 11.5 Å². The smallest absolute Gasteiger partial charge is 0.395 e. The number of carbonyl (C=O) groups excluding carboxylic acids is 1. The number of azide groups is 1. The number of rotatable bonds is 12. The Labute approximate surface area is 238 Å². The molecule has 1 aromatic carbocycles. The van der Waals surface area contributed by atoms with Crippen molar-refractivity contribution in [1.82, 2.24) is 9.55 Å². The molecule has 1 aromatic heterocycles. The number of halogens is 1. The molecule has 3 rings (SSSR count). The van der Waals surface area contributed by atoms with Crippen LogP contribution in [0.25, 0.3) is 10.4 Å². The van der Waals surface area contributed by atoms with Gasteiger partial charge in [-0.15, -0.1) is 0 Å². The lowest BCUT2D eigenvalue weighted by molar-refractivity contribution is -0.170. The topological polar surface area (TPSA) is 233 Å². The molecule has 2 aromatic rings. The number of nitrogens with one attached hydrogen (secondary N) is 1. The van der Waals surface area contributed by atoms with E-state index in [0.29, 0.717) is 0 Å². The molecular weight excluding hydrogens is 587 g/mol. The first kappa shape index (κ1) is 32.0. The Kier molecular flexibility index (Phi) is 10.9. The summed E-state index contributed by atoms with van der Waals surface area (Å²) in [5, 5.41) is 25.0. The van der Waals surface area contributed by atoms with Crippen molar-refractivity contribution < 1.29 is 38.6 Å². The average Bonchev–Trinajstić information content (AvgIpc) is 3.14. The van der Waals surface area contributed by atoms with E-state index in [4.69, 9.17) is 35.9 Å². The number of benzene rings is 1. The second-order valence-electron chi connectivity index (χ2n) is 9.22. The maximum atomic E-state index is 12.8. The Morgan fingerprint density at radius 3 is 2.71 bits per heavy atom. The lowest BCUT2D eigenvalue weighted by atomic mass is 10.1. The minimum Gasteiger partial charge on any atom is -0.575 e. The van der Waals surface area contributed by atoms with Gasteiger partial charge >= 0.3 is 19.8 Å². The van der Waals surface area contributed by atoms with Gasteiger partial charge in [-0.3, -0.25) is 18.9 Å². The lowest BCUT2D eigenvalue weighted by Gasteiger charge is -2.26. The van der Waals surface area contributed by atoms with Gasteiger partial charge in [0.1, 0.15) is 18.8 Å². The quantitative estimate of drug-likeness (QED) is 0.103. The third-order valence-corrected chi connectivity index (χ3v) is 6.80. The number of esters is 1. The highest BCUT2D eigenvalue weighted by Crippen LogP contribution is 2.41. The summed E-state index contributed by atoms with van der Waals surface area (Å²) in [6, 6.07) is 3.92.